The van der Waals surface area contributed by atoms with Crippen LogP contribution in [0.2, 0.25) is 0 Å². The number of nitrogens with two attached hydrogens (primary N) is 1. The molecule has 1 fully saturated rings. The summed E-state index contributed by atoms with van der Waals surface area (Å²) in [5, 5.41) is 9.71. The number of ether oxygens (including phenoxy) is 1. The average molecular weight is 321 g/mol. The Morgan fingerprint density at radius 2 is 1.91 bits per heavy atom. The third-order valence-corrected chi connectivity index (χ3v) is 4.41. The lowest BCUT2D eigenvalue weighted by Crippen LogP contribution is -2.31. The van der Waals surface area contributed by atoms with Gasteiger partial charge in [-0.05, 0) is 61.8 Å². The van der Waals surface area contributed by atoms with Crippen LogP contribution in [-0.2, 0) is 4.74 Å². The summed E-state index contributed by atoms with van der Waals surface area (Å²) < 4.78 is 4.79. The van der Waals surface area contributed by atoms with Crippen LogP contribution in [0.25, 0.3) is 0 Å². The van der Waals surface area contributed by atoms with E-state index in [9.17, 15) is 9.90 Å². The summed E-state index contributed by atoms with van der Waals surface area (Å²) >= 11 is 0. The molecular formula is C19H31NO3. The molecule has 1 aromatic rings. The van der Waals surface area contributed by atoms with Crippen molar-refractivity contribution in [3.05, 3.63) is 29.8 Å². The van der Waals surface area contributed by atoms with Gasteiger partial charge in [-0.25, -0.2) is 4.79 Å². The first-order valence-electron chi connectivity index (χ1n) is 8.55. The van der Waals surface area contributed by atoms with Crippen molar-refractivity contribution in [2.24, 2.45) is 17.8 Å². The van der Waals surface area contributed by atoms with Crippen molar-refractivity contribution < 1.29 is 14.6 Å². The fraction of sp³-hybridized carbons (Fsp3) is 0.632. The monoisotopic (exact) mass is 321 g/mol. The molecule has 23 heavy (non-hydrogen) atoms. The minimum absolute atomic E-state index is 0.0289. The Balaban J connectivity index is 0.000000231. The van der Waals surface area contributed by atoms with E-state index in [4.69, 9.17) is 10.5 Å². The minimum Gasteiger partial charge on any atom is -0.462 e. The zero-order valence-corrected chi connectivity index (χ0v) is 14.8. The predicted octanol–water partition coefficient (Wildman–Crippen LogP) is 3.89. The molecule has 3 atom stereocenters. The molecule has 0 aliphatic heterocycles. The van der Waals surface area contributed by atoms with Crippen molar-refractivity contribution in [3.63, 3.8) is 0 Å². The van der Waals surface area contributed by atoms with Gasteiger partial charge in [-0.2, -0.15) is 0 Å². The van der Waals surface area contributed by atoms with E-state index in [0.29, 0.717) is 29.7 Å². The number of benzene rings is 1. The standard InChI is InChI=1S/C10H20O.C9H11NO2/c1-7(2)9-5-4-8(3)6-10(9)11;1-2-12-9(11)7-3-5-8(10)6-4-7/h7-11H,4-6H2,1-3H3;3-6H,2,10H2,1H3. The number of aliphatic hydroxyl groups excluding tert-OH is 1. The van der Waals surface area contributed by atoms with Crippen molar-refractivity contribution in [2.45, 2.75) is 53.1 Å². The molecule has 1 aliphatic rings. The molecule has 0 aromatic heterocycles. The molecule has 0 saturated heterocycles. The lowest BCUT2D eigenvalue weighted by atomic mass is 9.75. The highest BCUT2D eigenvalue weighted by atomic mass is 16.5. The Bertz CT molecular complexity index is 470. The molecule has 0 amide bonds. The molecule has 1 aliphatic carbocycles. The Labute approximate surface area is 140 Å². The van der Waals surface area contributed by atoms with E-state index in [-0.39, 0.29) is 12.1 Å². The lowest BCUT2D eigenvalue weighted by Gasteiger charge is -2.33. The number of nitrogen functional groups attached to an aromatic ring is 1. The van der Waals surface area contributed by atoms with Gasteiger partial charge in [0.1, 0.15) is 0 Å². The normalized spacial score (nSPS) is 23.8. The first-order chi connectivity index (χ1) is 10.8. The number of hydrogen-bond acceptors (Lipinski definition) is 4. The summed E-state index contributed by atoms with van der Waals surface area (Å²) in [6.45, 7) is 8.83. The van der Waals surface area contributed by atoms with Gasteiger partial charge in [0, 0.05) is 5.69 Å². The van der Waals surface area contributed by atoms with E-state index in [2.05, 4.69) is 20.8 Å². The summed E-state index contributed by atoms with van der Waals surface area (Å²) in [6.07, 6.45) is 3.52. The van der Waals surface area contributed by atoms with Crippen molar-refractivity contribution in [2.75, 3.05) is 12.3 Å². The maximum atomic E-state index is 11.1. The summed E-state index contributed by atoms with van der Waals surface area (Å²) in [4.78, 5) is 11.1. The van der Waals surface area contributed by atoms with Crippen LogP contribution in [0, 0.1) is 17.8 Å². The Kier molecular flexibility index (Phi) is 8.10. The van der Waals surface area contributed by atoms with Crippen LogP contribution >= 0.6 is 0 Å². The van der Waals surface area contributed by atoms with Gasteiger partial charge in [0.05, 0.1) is 18.3 Å². The molecule has 4 heteroatoms. The fourth-order valence-electron chi connectivity index (χ4n) is 2.99. The minimum atomic E-state index is -0.308. The van der Waals surface area contributed by atoms with Crippen LogP contribution in [0.1, 0.15) is 57.3 Å². The van der Waals surface area contributed by atoms with Crippen molar-refractivity contribution in [1.82, 2.24) is 0 Å². The summed E-state index contributed by atoms with van der Waals surface area (Å²) in [5.74, 6) is 1.64. The van der Waals surface area contributed by atoms with Gasteiger partial charge in [-0.1, -0.05) is 27.2 Å². The van der Waals surface area contributed by atoms with Crippen LogP contribution in [0.4, 0.5) is 5.69 Å². The van der Waals surface area contributed by atoms with E-state index in [1.807, 2.05) is 0 Å². The largest absolute Gasteiger partial charge is 0.462 e. The molecule has 0 spiro atoms. The van der Waals surface area contributed by atoms with Crippen LogP contribution in [-0.4, -0.2) is 23.8 Å². The summed E-state index contributed by atoms with van der Waals surface area (Å²) in [6, 6.07) is 6.64. The smallest absolute Gasteiger partial charge is 0.338 e. The first-order valence-corrected chi connectivity index (χ1v) is 8.55. The molecule has 4 nitrogen and oxygen atoms in total. The number of rotatable bonds is 3. The molecular weight excluding hydrogens is 290 g/mol. The van der Waals surface area contributed by atoms with Crippen LogP contribution in [0.15, 0.2) is 24.3 Å². The lowest BCUT2D eigenvalue weighted by molar-refractivity contribution is 0.0265. The van der Waals surface area contributed by atoms with Gasteiger partial charge in [-0.3, -0.25) is 0 Å². The van der Waals surface area contributed by atoms with E-state index < -0.39 is 0 Å². The second-order valence-corrected chi connectivity index (χ2v) is 6.74. The zero-order chi connectivity index (χ0) is 17.4. The Morgan fingerprint density at radius 3 is 2.39 bits per heavy atom. The van der Waals surface area contributed by atoms with E-state index in [1.165, 1.54) is 12.8 Å². The second kappa shape index (κ2) is 9.56. The van der Waals surface area contributed by atoms with Gasteiger partial charge in [0.2, 0.25) is 0 Å². The number of anilines is 1. The molecule has 1 saturated carbocycles. The zero-order valence-electron chi connectivity index (χ0n) is 14.8. The number of esters is 1. The van der Waals surface area contributed by atoms with E-state index in [0.717, 1.165) is 12.3 Å². The van der Waals surface area contributed by atoms with Gasteiger partial charge in [0.15, 0.2) is 0 Å². The molecule has 3 unspecified atom stereocenters. The molecule has 2 rings (SSSR count). The molecule has 1 aromatic carbocycles. The van der Waals surface area contributed by atoms with Crippen LogP contribution < -0.4 is 5.73 Å². The Hall–Kier alpha value is -1.55. The van der Waals surface area contributed by atoms with E-state index in [1.54, 1.807) is 31.2 Å². The quantitative estimate of drug-likeness (QED) is 0.654. The number of carbonyl (C=O) groups excluding carboxylic acids is 1. The third kappa shape index (κ3) is 6.61. The molecule has 3 N–H and O–H groups in total. The second-order valence-electron chi connectivity index (χ2n) is 6.74. The average Bonchev–Trinajstić information content (AvgIpc) is 2.48. The fourth-order valence-corrected chi connectivity index (χ4v) is 2.99. The molecule has 0 radical (unpaired) electrons. The van der Waals surface area contributed by atoms with Gasteiger partial charge in [0.25, 0.3) is 0 Å². The summed E-state index contributed by atoms with van der Waals surface area (Å²) in [7, 11) is 0. The van der Waals surface area contributed by atoms with E-state index >= 15 is 0 Å². The first kappa shape index (κ1) is 19.5. The number of hydrogen-bond donors (Lipinski definition) is 2. The van der Waals surface area contributed by atoms with Gasteiger partial charge < -0.3 is 15.6 Å². The highest BCUT2D eigenvalue weighted by Gasteiger charge is 2.28. The predicted molar refractivity (Wildman–Crippen MR) is 94.2 cm³/mol. The number of carbonyl (C=O) groups is 1. The van der Waals surface area contributed by atoms with Gasteiger partial charge >= 0.3 is 5.97 Å². The van der Waals surface area contributed by atoms with Crippen molar-refractivity contribution in [1.29, 1.82) is 0 Å². The molecule has 0 heterocycles. The highest BCUT2D eigenvalue weighted by Crippen LogP contribution is 2.33. The molecule has 0 bridgehead atoms. The molecule has 130 valence electrons. The topological polar surface area (TPSA) is 72.5 Å². The van der Waals surface area contributed by atoms with Crippen molar-refractivity contribution >= 4 is 11.7 Å². The SMILES string of the molecule is CC1CCC(C(C)C)C(O)C1.CCOC(=O)c1ccc(N)cc1. The van der Waals surface area contributed by atoms with Crippen LogP contribution in [0.3, 0.4) is 0 Å². The summed E-state index contributed by atoms with van der Waals surface area (Å²) in [5.41, 5.74) is 6.62. The number of aliphatic hydroxyl groups is 1. The van der Waals surface area contributed by atoms with Crippen LogP contribution in [0.5, 0.6) is 0 Å². The maximum absolute atomic E-state index is 11.1. The van der Waals surface area contributed by atoms with Crippen molar-refractivity contribution in [3.8, 4) is 0 Å². The van der Waals surface area contributed by atoms with Gasteiger partial charge in [-0.15, -0.1) is 0 Å². The highest BCUT2D eigenvalue weighted by molar-refractivity contribution is 5.89. The Morgan fingerprint density at radius 1 is 1.30 bits per heavy atom. The maximum Gasteiger partial charge on any atom is 0.338 e. The third-order valence-electron chi connectivity index (χ3n) is 4.41.